The zero-order valence-electron chi connectivity index (χ0n) is 12.8. The summed E-state index contributed by atoms with van der Waals surface area (Å²) in [6.45, 7) is 0.720. The molecule has 122 valence electrons. The molecule has 7 heteroatoms. The van der Waals surface area contributed by atoms with Gasteiger partial charge in [0.2, 0.25) is 11.8 Å². The number of likely N-dealkylation sites (N-methyl/N-ethyl adjacent to an activating group) is 1. The second-order valence-corrected chi connectivity index (χ2v) is 6.03. The Kier molecular flexibility index (Phi) is 8.69. The van der Waals surface area contributed by atoms with E-state index in [0.717, 1.165) is 30.2 Å². The van der Waals surface area contributed by atoms with Crippen LogP contribution in [0.3, 0.4) is 0 Å². The average molecular weight is 371 g/mol. The first-order valence-corrected chi connectivity index (χ1v) is 8.17. The van der Waals surface area contributed by atoms with Crippen LogP contribution in [0.15, 0.2) is 22.8 Å². The molecule has 0 saturated carbocycles. The van der Waals surface area contributed by atoms with Crippen molar-refractivity contribution in [3.05, 3.63) is 22.8 Å². The highest BCUT2D eigenvalue weighted by molar-refractivity contribution is 9.10. The Balaban J connectivity index is 2.27. The number of halogens is 1. The Morgan fingerprint density at radius 2 is 2.00 bits per heavy atom. The van der Waals surface area contributed by atoms with Crippen molar-refractivity contribution in [2.75, 3.05) is 25.5 Å². The number of nitrogens with two attached hydrogens (primary N) is 1. The monoisotopic (exact) mass is 370 g/mol. The number of carbonyl (C=O) groups excluding carboxylic acids is 2. The van der Waals surface area contributed by atoms with E-state index < -0.39 is 0 Å². The minimum Gasteiger partial charge on any atom is -0.336 e. The Morgan fingerprint density at radius 1 is 1.27 bits per heavy atom. The van der Waals surface area contributed by atoms with E-state index in [9.17, 15) is 9.59 Å². The summed E-state index contributed by atoms with van der Waals surface area (Å²) >= 11 is 3.28. The molecule has 6 nitrogen and oxygen atoms in total. The van der Waals surface area contributed by atoms with Crippen molar-refractivity contribution in [3.63, 3.8) is 0 Å². The van der Waals surface area contributed by atoms with E-state index in [-0.39, 0.29) is 18.4 Å². The molecule has 0 fully saturated rings. The van der Waals surface area contributed by atoms with Gasteiger partial charge in [-0.1, -0.05) is 12.8 Å². The number of nitrogens with one attached hydrogen (secondary N) is 1. The van der Waals surface area contributed by atoms with Crippen LogP contribution in [0, 0.1) is 0 Å². The molecule has 0 saturated heterocycles. The molecule has 0 aromatic carbocycles. The van der Waals surface area contributed by atoms with Crippen LogP contribution in [-0.2, 0) is 9.59 Å². The van der Waals surface area contributed by atoms with Gasteiger partial charge in [0.25, 0.3) is 0 Å². The van der Waals surface area contributed by atoms with Gasteiger partial charge in [-0.2, -0.15) is 0 Å². The van der Waals surface area contributed by atoms with Gasteiger partial charge in [0.05, 0.1) is 6.54 Å². The van der Waals surface area contributed by atoms with Crippen LogP contribution >= 0.6 is 15.9 Å². The molecule has 2 amide bonds. The number of unbranched alkanes of at least 4 members (excludes halogenated alkanes) is 3. The smallest absolute Gasteiger partial charge is 0.245 e. The van der Waals surface area contributed by atoms with Gasteiger partial charge in [0, 0.05) is 24.1 Å². The van der Waals surface area contributed by atoms with Crippen molar-refractivity contribution in [2.45, 2.75) is 32.1 Å². The highest BCUT2D eigenvalue weighted by Crippen LogP contribution is 2.10. The molecule has 0 radical (unpaired) electrons. The van der Waals surface area contributed by atoms with E-state index in [4.69, 9.17) is 5.73 Å². The van der Waals surface area contributed by atoms with E-state index in [0.29, 0.717) is 18.8 Å². The SMILES string of the molecule is CN(CC(=O)Nc1ccc(Br)cn1)C(=O)CCCCCCN. The molecule has 0 aliphatic carbocycles. The summed E-state index contributed by atoms with van der Waals surface area (Å²) < 4.78 is 0.840. The third kappa shape index (κ3) is 7.51. The Morgan fingerprint density at radius 3 is 2.64 bits per heavy atom. The molecule has 3 N–H and O–H groups in total. The maximum Gasteiger partial charge on any atom is 0.245 e. The molecule has 0 spiro atoms. The molecule has 0 unspecified atom stereocenters. The lowest BCUT2D eigenvalue weighted by Gasteiger charge is -2.16. The second-order valence-electron chi connectivity index (χ2n) is 5.11. The fourth-order valence-corrected chi connectivity index (χ4v) is 2.14. The number of rotatable bonds is 9. The van der Waals surface area contributed by atoms with Crippen LogP contribution in [0.1, 0.15) is 32.1 Å². The zero-order chi connectivity index (χ0) is 16.4. The molecular formula is C15H23BrN4O2. The number of hydrogen-bond donors (Lipinski definition) is 2. The summed E-state index contributed by atoms with van der Waals surface area (Å²) in [5.74, 6) is 0.191. The van der Waals surface area contributed by atoms with Crippen LogP contribution < -0.4 is 11.1 Å². The lowest BCUT2D eigenvalue weighted by Crippen LogP contribution is -2.34. The number of amides is 2. The Labute approximate surface area is 139 Å². The highest BCUT2D eigenvalue weighted by atomic mass is 79.9. The predicted octanol–water partition coefficient (Wildman–Crippen LogP) is 2.15. The number of pyridine rings is 1. The van der Waals surface area contributed by atoms with E-state index >= 15 is 0 Å². The Bertz CT molecular complexity index is 479. The fourth-order valence-electron chi connectivity index (χ4n) is 1.90. The minimum atomic E-state index is -0.256. The van der Waals surface area contributed by atoms with Crippen molar-refractivity contribution < 1.29 is 9.59 Å². The van der Waals surface area contributed by atoms with Gasteiger partial charge in [0.1, 0.15) is 5.82 Å². The lowest BCUT2D eigenvalue weighted by atomic mass is 10.1. The molecule has 22 heavy (non-hydrogen) atoms. The van der Waals surface area contributed by atoms with E-state index in [2.05, 4.69) is 26.2 Å². The van der Waals surface area contributed by atoms with Crippen LogP contribution in [0.25, 0.3) is 0 Å². The van der Waals surface area contributed by atoms with E-state index in [1.165, 1.54) is 4.90 Å². The summed E-state index contributed by atoms with van der Waals surface area (Å²) in [5, 5.41) is 2.66. The summed E-state index contributed by atoms with van der Waals surface area (Å²) in [4.78, 5) is 29.3. The van der Waals surface area contributed by atoms with Crippen molar-refractivity contribution in [1.29, 1.82) is 0 Å². The minimum absolute atomic E-state index is 0.0216. The zero-order valence-corrected chi connectivity index (χ0v) is 14.4. The number of hydrogen-bond acceptors (Lipinski definition) is 4. The molecule has 1 heterocycles. The fraction of sp³-hybridized carbons (Fsp3) is 0.533. The van der Waals surface area contributed by atoms with Crippen molar-refractivity contribution in [1.82, 2.24) is 9.88 Å². The average Bonchev–Trinajstić information content (AvgIpc) is 2.49. The quantitative estimate of drug-likeness (QED) is 0.651. The first-order chi connectivity index (χ1) is 10.5. The highest BCUT2D eigenvalue weighted by Gasteiger charge is 2.13. The third-order valence-corrected chi connectivity index (χ3v) is 3.62. The lowest BCUT2D eigenvalue weighted by molar-refractivity contribution is -0.133. The van der Waals surface area contributed by atoms with Gasteiger partial charge < -0.3 is 16.0 Å². The number of nitrogens with zero attached hydrogens (tertiary/aromatic N) is 2. The molecule has 1 rings (SSSR count). The Hall–Kier alpha value is -1.47. The third-order valence-electron chi connectivity index (χ3n) is 3.15. The second kappa shape index (κ2) is 10.3. The standard InChI is InChI=1S/C15H23BrN4O2/c1-20(15(22)6-4-2-3-5-9-17)11-14(21)19-13-8-7-12(16)10-18-13/h7-8,10H,2-6,9,11,17H2,1H3,(H,18,19,21). The molecule has 0 aliphatic heterocycles. The summed E-state index contributed by atoms with van der Waals surface area (Å²) in [6.07, 6.45) is 5.93. The topological polar surface area (TPSA) is 88.3 Å². The molecule has 0 atom stereocenters. The van der Waals surface area contributed by atoms with Crippen molar-refractivity contribution >= 4 is 33.6 Å². The van der Waals surface area contributed by atoms with Gasteiger partial charge in [-0.25, -0.2) is 4.98 Å². The van der Waals surface area contributed by atoms with Gasteiger partial charge in [-0.3, -0.25) is 9.59 Å². The number of carbonyl (C=O) groups is 2. The molecule has 1 aromatic heterocycles. The molecular weight excluding hydrogens is 348 g/mol. The summed E-state index contributed by atoms with van der Waals surface area (Å²) in [5.41, 5.74) is 5.42. The van der Waals surface area contributed by atoms with Gasteiger partial charge in [-0.05, 0) is 47.4 Å². The van der Waals surface area contributed by atoms with Crippen LogP contribution in [0.2, 0.25) is 0 Å². The first-order valence-electron chi connectivity index (χ1n) is 7.38. The predicted molar refractivity (Wildman–Crippen MR) is 90.3 cm³/mol. The number of aromatic nitrogens is 1. The van der Waals surface area contributed by atoms with Crippen LogP contribution in [0.4, 0.5) is 5.82 Å². The number of anilines is 1. The van der Waals surface area contributed by atoms with Crippen LogP contribution in [-0.4, -0.2) is 41.8 Å². The van der Waals surface area contributed by atoms with E-state index in [1.54, 1.807) is 25.4 Å². The normalized spacial score (nSPS) is 10.3. The van der Waals surface area contributed by atoms with Crippen LogP contribution in [0.5, 0.6) is 0 Å². The maximum absolute atomic E-state index is 11.9. The van der Waals surface area contributed by atoms with Crippen molar-refractivity contribution in [2.24, 2.45) is 5.73 Å². The largest absolute Gasteiger partial charge is 0.336 e. The van der Waals surface area contributed by atoms with E-state index in [1.807, 2.05) is 0 Å². The summed E-state index contributed by atoms with van der Waals surface area (Å²) in [7, 11) is 1.64. The van der Waals surface area contributed by atoms with Gasteiger partial charge >= 0.3 is 0 Å². The molecule has 1 aromatic rings. The van der Waals surface area contributed by atoms with Gasteiger partial charge in [0.15, 0.2) is 0 Å². The van der Waals surface area contributed by atoms with Gasteiger partial charge in [-0.15, -0.1) is 0 Å². The molecule has 0 bridgehead atoms. The summed E-state index contributed by atoms with van der Waals surface area (Å²) in [6, 6.07) is 3.49. The first kappa shape index (κ1) is 18.6. The maximum atomic E-state index is 11.9. The van der Waals surface area contributed by atoms with Crippen molar-refractivity contribution in [3.8, 4) is 0 Å². The molecule has 0 aliphatic rings.